The SMILES string of the molecule is N#Cc1ccc(-c2cccc3ncnn23)c(N)n1. The van der Waals surface area contributed by atoms with Crippen LogP contribution in [0.25, 0.3) is 16.9 Å². The summed E-state index contributed by atoms with van der Waals surface area (Å²) in [4.78, 5) is 8.12. The summed E-state index contributed by atoms with van der Waals surface area (Å²) in [5.74, 6) is 0.303. The number of aromatic nitrogens is 4. The van der Waals surface area contributed by atoms with Crippen molar-refractivity contribution in [1.82, 2.24) is 19.6 Å². The van der Waals surface area contributed by atoms with E-state index in [2.05, 4.69) is 15.1 Å². The molecule has 0 aliphatic carbocycles. The molecule has 0 aliphatic rings. The van der Waals surface area contributed by atoms with Gasteiger partial charge in [0.2, 0.25) is 0 Å². The van der Waals surface area contributed by atoms with Crippen molar-refractivity contribution in [1.29, 1.82) is 5.26 Å². The van der Waals surface area contributed by atoms with Gasteiger partial charge < -0.3 is 5.73 Å². The van der Waals surface area contributed by atoms with Crippen LogP contribution in [0.5, 0.6) is 0 Å². The van der Waals surface area contributed by atoms with Crippen LogP contribution >= 0.6 is 0 Å². The largest absolute Gasteiger partial charge is 0.383 e. The Morgan fingerprint density at radius 3 is 2.89 bits per heavy atom. The summed E-state index contributed by atoms with van der Waals surface area (Å²) in [5.41, 5.74) is 8.41. The third-order valence-electron chi connectivity index (χ3n) is 2.62. The van der Waals surface area contributed by atoms with E-state index in [0.717, 1.165) is 16.9 Å². The van der Waals surface area contributed by atoms with Gasteiger partial charge in [0.05, 0.1) is 5.69 Å². The molecule has 18 heavy (non-hydrogen) atoms. The molecule has 0 saturated heterocycles. The summed E-state index contributed by atoms with van der Waals surface area (Å²) >= 11 is 0. The Morgan fingerprint density at radius 2 is 2.11 bits per heavy atom. The lowest BCUT2D eigenvalue weighted by Gasteiger charge is -2.06. The van der Waals surface area contributed by atoms with Crippen LogP contribution in [-0.4, -0.2) is 19.6 Å². The Balaban J connectivity index is 2.27. The van der Waals surface area contributed by atoms with Gasteiger partial charge in [-0.3, -0.25) is 0 Å². The average molecular weight is 236 g/mol. The summed E-state index contributed by atoms with van der Waals surface area (Å²) in [6.45, 7) is 0. The third kappa shape index (κ3) is 1.46. The van der Waals surface area contributed by atoms with Crippen LogP contribution in [0, 0.1) is 11.3 Å². The maximum Gasteiger partial charge on any atom is 0.155 e. The Labute approximate surface area is 102 Å². The number of hydrogen-bond acceptors (Lipinski definition) is 5. The van der Waals surface area contributed by atoms with Crippen LogP contribution in [0.1, 0.15) is 5.69 Å². The second kappa shape index (κ2) is 3.82. The summed E-state index contributed by atoms with van der Waals surface area (Å²) in [7, 11) is 0. The lowest BCUT2D eigenvalue weighted by Crippen LogP contribution is -2.00. The van der Waals surface area contributed by atoms with Crippen molar-refractivity contribution >= 4 is 11.5 Å². The van der Waals surface area contributed by atoms with Gasteiger partial charge in [-0.15, -0.1) is 0 Å². The zero-order valence-corrected chi connectivity index (χ0v) is 9.28. The highest BCUT2D eigenvalue weighted by Gasteiger charge is 2.09. The Bertz CT molecular complexity index is 768. The van der Waals surface area contributed by atoms with Crippen LogP contribution in [0.2, 0.25) is 0 Å². The van der Waals surface area contributed by atoms with Crippen LogP contribution < -0.4 is 5.73 Å². The number of nitrogens with two attached hydrogens (primary N) is 1. The zero-order chi connectivity index (χ0) is 12.5. The van der Waals surface area contributed by atoms with Crippen molar-refractivity contribution in [3.8, 4) is 17.3 Å². The molecular weight excluding hydrogens is 228 g/mol. The molecule has 0 bridgehead atoms. The zero-order valence-electron chi connectivity index (χ0n) is 9.28. The molecule has 0 saturated carbocycles. The van der Waals surface area contributed by atoms with Gasteiger partial charge in [0.25, 0.3) is 0 Å². The van der Waals surface area contributed by atoms with Gasteiger partial charge in [-0.25, -0.2) is 14.5 Å². The van der Waals surface area contributed by atoms with E-state index in [1.54, 1.807) is 16.6 Å². The van der Waals surface area contributed by atoms with Crippen molar-refractivity contribution in [3.63, 3.8) is 0 Å². The van der Waals surface area contributed by atoms with Crippen molar-refractivity contribution in [2.45, 2.75) is 0 Å². The monoisotopic (exact) mass is 236 g/mol. The quantitative estimate of drug-likeness (QED) is 0.686. The molecule has 0 radical (unpaired) electrons. The third-order valence-corrected chi connectivity index (χ3v) is 2.62. The number of pyridine rings is 2. The first-order chi connectivity index (χ1) is 8.79. The summed E-state index contributed by atoms with van der Waals surface area (Å²) in [6, 6.07) is 10.9. The molecule has 0 amide bonds. The number of nitrogens with zero attached hydrogens (tertiary/aromatic N) is 5. The van der Waals surface area contributed by atoms with E-state index in [9.17, 15) is 0 Å². The Morgan fingerprint density at radius 1 is 1.22 bits per heavy atom. The lowest BCUT2D eigenvalue weighted by atomic mass is 10.1. The second-order valence-electron chi connectivity index (χ2n) is 3.68. The van der Waals surface area contributed by atoms with Gasteiger partial charge in [0.1, 0.15) is 23.9 Å². The molecule has 3 rings (SSSR count). The molecule has 3 heterocycles. The molecule has 6 heteroatoms. The highest BCUT2D eigenvalue weighted by Crippen LogP contribution is 2.24. The molecular formula is C12H8N6. The smallest absolute Gasteiger partial charge is 0.155 e. The number of nitriles is 1. The van der Waals surface area contributed by atoms with Crippen molar-refractivity contribution in [2.75, 3.05) is 5.73 Å². The van der Waals surface area contributed by atoms with Gasteiger partial charge in [-0.2, -0.15) is 10.4 Å². The fourth-order valence-electron chi connectivity index (χ4n) is 1.80. The summed E-state index contributed by atoms with van der Waals surface area (Å²) in [6.07, 6.45) is 1.48. The van der Waals surface area contributed by atoms with E-state index in [1.807, 2.05) is 24.3 Å². The number of anilines is 1. The standard InChI is InChI=1S/C12H8N6/c13-6-8-4-5-9(12(14)17-8)10-2-1-3-11-15-7-16-18(10)11/h1-5,7H,(H2,14,17). The number of rotatable bonds is 1. The number of nitrogen functional groups attached to an aromatic ring is 1. The van der Waals surface area contributed by atoms with Crippen molar-refractivity contribution in [2.24, 2.45) is 0 Å². The topological polar surface area (TPSA) is 92.9 Å². The minimum atomic E-state index is 0.294. The van der Waals surface area contributed by atoms with E-state index in [0.29, 0.717) is 11.5 Å². The van der Waals surface area contributed by atoms with Gasteiger partial charge in [-0.1, -0.05) is 6.07 Å². The molecule has 0 aromatic carbocycles. The first-order valence-corrected chi connectivity index (χ1v) is 5.25. The lowest BCUT2D eigenvalue weighted by molar-refractivity contribution is 0.968. The maximum atomic E-state index is 8.77. The highest BCUT2D eigenvalue weighted by molar-refractivity contribution is 5.73. The normalized spacial score (nSPS) is 10.4. The molecule has 2 N–H and O–H groups in total. The van der Waals surface area contributed by atoms with Gasteiger partial charge in [0, 0.05) is 5.56 Å². The minimum Gasteiger partial charge on any atom is -0.383 e. The predicted octanol–water partition coefficient (Wildman–Crippen LogP) is 1.25. The molecule has 0 fully saturated rings. The molecule has 0 spiro atoms. The van der Waals surface area contributed by atoms with Crippen molar-refractivity contribution in [3.05, 3.63) is 42.4 Å². The molecule has 3 aromatic heterocycles. The molecule has 3 aromatic rings. The van der Waals surface area contributed by atoms with E-state index in [-0.39, 0.29) is 0 Å². The first-order valence-electron chi connectivity index (χ1n) is 5.25. The van der Waals surface area contributed by atoms with Crippen LogP contribution in [0.3, 0.4) is 0 Å². The number of hydrogen-bond donors (Lipinski definition) is 1. The summed E-state index contributed by atoms with van der Waals surface area (Å²) < 4.78 is 1.68. The van der Waals surface area contributed by atoms with E-state index in [1.165, 1.54) is 6.33 Å². The highest BCUT2D eigenvalue weighted by atomic mass is 15.3. The minimum absolute atomic E-state index is 0.294. The molecule has 86 valence electrons. The maximum absolute atomic E-state index is 8.77. The van der Waals surface area contributed by atoms with Gasteiger partial charge in [0.15, 0.2) is 5.65 Å². The molecule has 6 nitrogen and oxygen atoms in total. The molecule has 0 unspecified atom stereocenters. The first kappa shape index (κ1) is 10.2. The van der Waals surface area contributed by atoms with E-state index < -0.39 is 0 Å². The Kier molecular flexibility index (Phi) is 2.17. The van der Waals surface area contributed by atoms with Crippen LogP contribution in [-0.2, 0) is 0 Å². The fourth-order valence-corrected chi connectivity index (χ4v) is 1.80. The molecule has 0 atom stereocenters. The van der Waals surface area contributed by atoms with Crippen LogP contribution in [0.15, 0.2) is 36.7 Å². The van der Waals surface area contributed by atoms with Crippen molar-refractivity contribution < 1.29 is 0 Å². The number of fused-ring (bicyclic) bond motifs is 1. The average Bonchev–Trinajstić information content (AvgIpc) is 2.87. The van der Waals surface area contributed by atoms with E-state index >= 15 is 0 Å². The van der Waals surface area contributed by atoms with Gasteiger partial charge in [-0.05, 0) is 24.3 Å². The van der Waals surface area contributed by atoms with Gasteiger partial charge >= 0.3 is 0 Å². The fraction of sp³-hybridized carbons (Fsp3) is 0. The second-order valence-corrected chi connectivity index (χ2v) is 3.68. The summed E-state index contributed by atoms with van der Waals surface area (Å²) in [5, 5.41) is 12.9. The predicted molar refractivity (Wildman–Crippen MR) is 65.3 cm³/mol. The molecule has 0 aliphatic heterocycles. The Hall–Kier alpha value is -2.94. The van der Waals surface area contributed by atoms with Crippen LogP contribution in [0.4, 0.5) is 5.82 Å². The van der Waals surface area contributed by atoms with E-state index in [4.69, 9.17) is 11.0 Å².